The van der Waals surface area contributed by atoms with Gasteiger partial charge in [-0.3, -0.25) is 4.57 Å². The largest absolute Gasteiger partial charge is 0.497 e. The molecule has 0 unspecified atom stereocenters. The van der Waals surface area contributed by atoms with Crippen LogP contribution in [0.4, 0.5) is 5.82 Å². The van der Waals surface area contributed by atoms with E-state index in [4.69, 9.17) is 22.7 Å². The lowest BCUT2D eigenvalue weighted by Crippen LogP contribution is -2.01. The van der Waals surface area contributed by atoms with Crippen molar-refractivity contribution in [2.45, 2.75) is 0 Å². The summed E-state index contributed by atoms with van der Waals surface area (Å²) in [6.45, 7) is 0. The van der Waals surface area contributed by atoms with Crippen LogP contribution >= 0.6 is 23.6 Å². The molecule has 5 nitrogen and oxygen atoms in total. The summed E-state index contributed by atoms with van der Waals surface area (Å²) >= 11 is 6.95. The fourth-order valence-corrected chi connectivity index (χ4v) is 3.90. The van der Waals surface area contributed by atoms with Gasteiger partial charge in [0.25, 0.3) is 0 Å². The fraction of sp³-hybridized carbons (Fsp3) is 0.0588. The minimum absolute atomic E-state index is 0.578. The van der Waals surface area contributed by atoms with E-state index in [-0.39, 0.29) is 0 Å². The quantitative estimate of drug-likeness (QED) is 0.535. The molecular weight excluding hydrogens is 340 g/mol. The number of nitrogens with two attached hydrogens (primary N) is 1. The number of thiazole rings is 1. The van der Waals surface area contributed by atoms with Gasteiger partial charge in [-0.15, -0.1) is 0 Å². The summed E-state index contributed by atoms with van der Waals surface area (Å²) in [7, 11) is 1.64. The van der Waals surface area contributed by atoms with Crippen molar-refractivity contribution < 1.29 is 4.74 Å². The number of hydrogen-bond acceptors (Lipinski definition) is 5. The highest BCUT2D eigenvalue weighted by Gasteiger charge is 2.16. The molecule has 2 aromatic carbocycles. The number of para-hydroxylation sites is 2. The molecule has 0 atom stereocenters. The van der Waals surface area contributed by atoms with E-state index >= 15 is 0 Å². The van der Waals surface area contributed by atoms with Crippen LogP contribution in [-0.2, 0) is 0 Å². The summed E-state index contributed by atoms with van der Waals surface area (Å²) in [6, 6.07) is 15.5. The molecule has 0 spiro atoms. The molecule has 0 amide bonds. The highest BCUT2D eigenvalue weighted by atomic mass is 32.1. The van der Waals surface area contributed by atoms with E-state index in [2.05, 4.69) is 9.97 Å². The number of aromatic amines is 1. The molecule has 0 radical (unpaired) electrons. The van der Waals surface area contributed by atoms with Crippen LogP contribution in [0.1, 0.15) is 0 Å². The predicted octanol–water partition coefficient (Wildman–Crippen LogP) is 4.40. The molecule has 3 N–H and O–H groups in total. The van der Waals surface area contributed by atoms with Crippen LogP contribution in [0.25, 0.3) is 27.4 Å². The van der Waals surface area contributed by atoms with Gasteiger partial charge in [0.2, 0.25) is 0 Å². The molecule has 7 heteroatoms. The van der Waals surface area contributed by atoms with Gasteiger partial charge >= 0.3 is 0 Å². The van der Waals surface area contributed by atoms with Crippen LogP contribution < -0.4 is 10.5 Å². The average molecular weight is 354 g/mol. The molecule has 120 valence electrons. The van der Waals surface area contributed by atoms with E-state index in [1.807, 2.05) is 53.1 Å². The third kappa shape index (κ3) is 2.38. The summed E-state index contributed by atoms with van der Waals surface area (Å²) in [5.74, 6) is 2.10. The number of imidazole rings is 1. The number of nitrogen functional groups attached to an aromatic ring is 1. The highest BCUT2D eigenvalue weighted by molar-refractivity contribution is 7.73. The maximum atomic E-state index is 6.38. The number of H-pyrrole nitrogens is 1. The van der Waals surface area contributed by atoms with Crippen LogP contribution in [-0.4, -0.2) is 21.6 Å². The zero-order chi connectivity index (χ0) is 16.7. The number of rotatable bonds is 3. The first kappa shape index (κ1) is 14.9. The van der Waals surface area contributed by atoms with Crippen molar-refractivity contribution in [3.05, 3.63) is 52.5 Å². The molecule has 0 saturated carbocycles. The van der Waals surface area contributed by atoms with Gasteiger partial charge in [0.1, 0.15) is 16.4 Å². The molecule has 0 aliphatic rings. The van der Waals surface area contributed by atoms with Crippen LogP contribution in [0.2, 0.25) is 0 Å². The number of nitrogens with one attached hydrogen (secondary N) is 1. The Morgan fingerprint density at radius 2 is 1.92 bits per heavy atom. The van der Waals surface area contributed by atoms with Crippen molar-refractivity contribution in [1.29, 1.82) is 0 Å². The van der Waals surface area contributed by atoms with Crippen LogP contribution in [0, 0.1) is 3.95 Å². The first-order valence-electron chi connectivity index (χ1n) is 7.28. The number of nitrogens with zero attached hydrogens (tertiary/aromatic N) is 2. The lowest BCUT2D eigenvalue weighted by atomic mass is 10.3. The minimum Gasteiger partial charge on any atom is -0.497 e. The second kappa shape index (κ2) is 5.77. The van der Waals surface area contributed by atoms with E-state index in [9.17, 15) is 0 Å². The average Bonchev–Trinajstić information content (AvgIpc) is 3.15. The first-order chi connectivity index (χ1) is 11.7. The van der Waals surface area contributed by atoms with Crippen molar-refractivity contribution in [3.63, 3.8) is 0 Å². The molecule has 0 aliphatic heterocycles. The number of benzene rings is 2. The zero-order valence-electron chi connectivity index (χ0n) is 12.8. The molecule has 24 heavy (non-hydrogen) atoms. The topological polar surface area (TPSA) is 68.9 Å². The summed E-state index contributed by atoms with van der Waals surface area (Å²) in [6.07, 6.45) is 0. The maximum Gasteiger partial charge on any atom is 0.168 e. The smallest absolute Gasteiger partial charge is 0.168 e. The van der Waals surface area contributed by atoms with E-state index in [1.165, 1.54) is 11.3 Å². The van der Waals surface area contributed by atoms with Gasteiger partial charge in [0.15, 0.2) is 9.78 Å². The fourth-order valence-electron chi connectivity index (χ4n) is 2.59. The third-order valence-corrected chi connectivity index (χ3v) is 5.18. The number of anilines is 1. The van der Waals surface area contributed by atoms with Crippen molar-refractivity contribution >= 4 is 40.4 Å². The summed E-state index contributed by atoms with van der Waals surface area (Å²) < 4.78 is 7.72. The molecular formula is C17H14N4OS2. The Morgan fingerprint density at radius 1 is 1.17 bits per heavy atom. The van der Waals surface area contributed by atoms with Crippen molar-refractivity contribution in [1.82, 2.24) is 14.5 Å². The Balaban J connectivity index is 1.85. The monoisotopic (exact) mass is 354 g/mol. The van der Waals surface area contributed by atoms with Gasteiger partial charge in [-0.2, -0.15) is 0 Å². The SMILES string of the molecule is COc1ccc(-n2c(N)c(-c3nc4ccccc4[nH]3)sc2=S)cc1. The predicted molar refractivity (Wildman–Crippen MR) is 101 cm³/mol. The molecule has 0 bridgehead atoms. The lowest BCUT2D eigenvalue weighted by molar-refractivity contribution is 0.415. The van der Waals surface area contributed by atoms with E-state index in [0.717, 1.165) is 33.2 Å². The Bertz CT molecular complexity index is 1040. The van der Waals surface area contributed by atoms with E-state index < -0.39 is 0 Å². The second-order valence-electron chi connectivity index (χ2n) is 5.22. The first-order valence-corrected chi connectivity index (χ1v) is 8.50. The number of methoxy groups -OCH3 is 1. The van der Waals surface area contributed by atoms with Crippen molar-refractivity contribution in [2.24, 2.45) is 0 Å². The standard InChI is InChI=1S/C17H14N4OS2/c1-22-11-8-6-10(7-9-11)21-15(18)14(24-17(21)23)16-19-12-4-2-3-5-13(12)20-16/h2-9H,18H2,1H3,(H,19,20). The summed E-state index contributed by atoms with van der Waals surface area (Å²) in [5.41, 5.74) is 9.16. The summed E-state index contributed by atoms with van der Waals surface area (Å²) in [5, 5.41) is 0. The van der Waals surface area contributed by atoms with Crippen molar-refractivity contribution in [3.8, 4) is 22.1 Å². The van der Waals surface area contributed by atoms with E-state index in [1.54, 1.807) is 7.11 Å². The van der Waals surface area contributed by atoms with Gasteiger partial charge in [-0.1, -0.05) is 23.5 Å². The van der Waals surface area contributed by atoms with Gasteiger partial charge in [0.05, 0.1) is 18.1 Å². The number of aromatic nitrogens is 3. The lowest BCUT2D eigenvalue weighted by Gasteiger charge is -2.07. The van der Waals surface area contributed by atoms with Crippen LogP contribution in [0.3, 0.4) is 0 Å². The normalized spacial score (nSPS) is 11.0. The van der Waals surface area contributed by atoms with Gasteiger partial charge < -0.3 is 15.5 Å². The molecule has 2 heterocycles. The van der Waals surface area contributed by atoms with Gasteiger partial charge in [0, 0.05) is 5.69 Å². The molecule has 0 fully saturated rings. The number of fused-ring (bicyclic) bond motifs is 1. The Morgan fingerprint density at radius 3 is 2.62 bits per heavy atom. The molecule has 4 aromatic rings. The Labute approximate surface area is 147 Å². The maximum absolute atomic E-state index is 6.38. The van der Waals surface area contributed by atoms with Gasteiger partial charge in [-0.05, 0) is 48.6 Å². The minimum atomic E-state index is 0.578. The van der Waals surface area contributed by atoms with E-state index in [0.29, 0.717) is 9.77 Å². The van der Waals surface area contributed by atoms with Crippen LogP contribution in [0.15, 0.2) is 48.5 Å². The van der Waals surface area contributed by atoms with Gasteiger partial charge in [-0.25, -0.2) is 4.98 Å². The zero-order valence-corrected chi connectivity index (χ0v) is 14.4. The number of ether oxygens (including phenoxy) is 1. The van der Waals surface area contributed by atoms with Crippen molar-refractivity contribution in [2.75, 3.05) is 12.8 Å². The molecule has 0 saturated heterocycles. The highest BCUT2D eigenvalue weighted by Crippen LogP contribution is 2.34. The Kier molecular flexibility index (Phi) is 3.59. The van der Waals surface area contributed by atoms with Crippen LogP contribution in [0.5, 0.6) is 5.75 Å². The summed E-state index contributed by atoms with van der Waals surface area (Å²) in [4.78, 5) is 8.76. The molecule has 2 aromatic heterocycles. The molecule has 4 rings (SSSR count). The molecule has 0 aliphatic carbocycles. The second-order valence-corrected chi connectivity index (χ2v) is 6.86. The Hall–Kier alpha value is -2.64. The number of hydrogen-bond donors (Lipinski definition) is 2. The third-order valence-electron chi connectivity index (χ3n) is 3.78.